The zero-order valence-electron chi connectivity index (χ0n) is 17.7. The Kier molecular flexibility index (Phi) is 6.80. The first kappa shape index (κ1) is 21.9. The van der Waals surface area contributed by atoms with Crippen LogP contribution in [0.2, 0.25) is 0 Å². The minimum atomic E-state index is -3.70. The molecule has 1 unspecified atom stereocenters. The van der Waals surface area contributed by atoms with E-state index in [9.17, 15) is 8.42 Å². The molecule has 0 aliphatic rings. The van der Waals surface area contributed by atoms with Gasteiger partial charge in [0.25, 0.3) is 0 Å². The van der Waals surface area contributed by atoms with Crippen LogP contribution in [0.25, 0.3) is 0 Å². The molecule has 0 amide bonds. The molecule has 3 rings (SSSR count). The maximum absolute atomic E-state index is 12.8. The molecule has 1 N–H and O–H groups in total. The lowest BCUT2D eigenvalue weighted by Crippen LogP contribution is -2.33. The quantitative estimate of drug-likeness (QED) is 0.542. The Bertz CT molecular complexity index is 1090. The van der Waals surface area contributed by atoms with Crippen molar-refractivity contribution in [3.8, 4) is 17.2 Å². The Balaban J connectivity index is 1.66. The average Bonchev–Trinajstić information content (AvgIpc) is 2.71. The molecule has 3 aromatic carbocycles. The van der Waals surface area contributed by atoms with Crippen LogP contribution in [0.1, 0.15) is 23.6 Å². The van der Waals surface area contributed by atoms with Gasteiger partial charge in [0.2, 0.25) is 10.0 Å². The van der Waals surface area contributed by atoms with Crippen molar-refractivity contribution in [3.63, 3.8) is 0 Å². The number of nitrogens with one attached hydrogen (secondary N) is 1. The summed E-state index contributed by atoms with van der Waals surface area (Å²) >= 11 is 0. The summed E-state index contributed by atoms with van der Waals surface area (Å²) in [6, 6.07) is 19.9. The fourth-order valence-electron chi connectivity index (χ4n) is 2.99. The number of benzene rings is 3. The van der Waals surface area contributed by atoms with Crippen molar-refractivity contribution in [1.82, 2.24) is 4.72 Å². The van der Waals surface area contributed by atoms with Crippen molar-refractivity contribution in [1.29, 1.82) is 0 Å². The van der Waals surface area contributed by atoms with Gasteiger partial charge in [-0.25, -0.2) is 13.1 Å². The Hall–Kier alpha value is -2.83. The van der Waals surface area contributed by atoms with Gasteiger partial charge < -0.3 is 9.47 Å². The number of sulfonamides is 1. The van der Waals surface area contributed by atoms with Gasteiger partial charge in [0, 0.05) is 12.6 Å². The highest BCUT2D eigenvalue weighted by Gasteiger charge is 2.17. The fraction of sp³-hybridized carbons (Fsp3) is 0.250. The van der Waals surface area contributed by atoms with E-state index in [-0.39, 0.29) is 17.5 Å². The van der Waals surface area contributed by atoms with E-state index in [4.69, 9.17) is 9.47 Å². The molecule has 158 valence electrons. The van der Waals surface area contributed by atoms with Crippen molar-refractivity contribution in [2.24, 2.45) is 0 Å². The molecule has 0 aliphatic carbocycles. The van der Waals surface area contributed by atoms with Crippen LogP contribution in [0.15, 0.2) is 71.6 Å². The molecule has 0 aromatic heterocycles. The van der Waals surface area contributed by atoms with Crippen LogP contribution in [0.4, 0.5) is 0 Å². The van der Waals surface area contributed by atoms with Gasteiger partial charge >= 0.3 is 0 Å². The van der Waals surface area contributed by atoms with Gasteiger partial charge in [0.15, 0.2) is 0 Å². The number of hydrogen-bond donors (Lipinski definition) is 1. The second-order valence-electron chi connectivity index (χ2n) is 7.39. The van der Waals surface area contributed by atoms with Crippen LogP contribution >= 0.6 is 0 Å². The summed E-state index contributed by atoms with van der Waals surface area (Å²) in [5, 5.41) is 0. The van der Waals surface area contributed by atoms with E-state index in [0.29, 0.717) is 11.5 Å². The third-order valence-electron chi connectivity index (χ3n) is 4.66. The largest absolute Gasteiger partial charge is 0.489 e. The predicted molar refractivity (Wildman–Crippen MR) is 119 cm³/mol. The van der Waals surface area contributed by atoms with Crippen molar-refractivity contribution in [2.75, 3.05) is 6.54 Å². The third-order valence-corrected chi connectivity index (χ3v) is 6.08. The van der Waals surface area contributed by atoms with Gasteiger partial charge in [-0.15, -0.1) is 0 Å². The maximum atomic E-state index is 12.8. The summed E-state index contributed by atoms with van der Waals surface area (Å²) in [5.41, 5.74) is 3.16. The summed E-state index contributed by atoms with van der Waals surface area (Å²) in [5.74, 6) is 1.90. The maximum Gasteiger partial charge on any atom is 0.240 e. The predicted octanol–water partition coefficient (Wildman–Crippen LogP) is 5.15. The van der Waals surface area contributed by atoms with E-state index in [0.717, 1.165) is 22.4 Å². The van der Waals surface area contributed by atoms with E-state index in [1.165, 1.54) is 6.07 Å². The van der Waals surface area contributed by atoms with Crippen molar-refractivity contribution in [3.05, 3.63) is 83.4 Å². The molecule has 5 nitrogen and oxygen atoms in total. The molecular formula is C24H27NO4S. The lowest BCUT2D eigenvalue weighted by molar-refractivity contribution is 0.222. The first-order valence-electron chi connectivity index (χ1n) is 9.82. The highest BCUT2D eigenvalue weighted by molar-refractivity contribution is 7.89. The molecule has 0 saturated carbocycles. The van der Waals surface area contributed by atoms with Gasteiger partial charge in [0.05, 0.1) is 4.90 Å². The van der Waals surface area contributed by atoms with Gasteiger partial charge in [0.1, 0.15) is 23.4 Å². The Labute approximate surface area is 178 Å². The molecular weight excluding hydrogens is 398 g/mol. The van der Waals surface area contributed by atoms with Crippen LogP contribution in [-0.2, 0) is 10.0 Å². The standard InChI is InChI=1S/C24H27NO4S/c1-17-11-13-21(14-12-17)29-22-9-6-10-23(15-22)30(26,27)25-16-20(4)28-24-18(2)7-5-8-19(24)3/h5-15,20,25H,16H2,1-4H3. The monoisotopic (exact) mass is 425 g/mol. The summed E-state index contributed by atoms with van der Waals surface area (Å²) in [4.78, 5) is 0.145. The molecule has 0 aliphatic heterocycles. The number of rotatable bonds is 8. The minimum absolute atomic E-state index is 0.145. The van der Waals surface area contributed by atoms with E-state index in [2.05, 4.69) is 4.72 Å². The molecule has 0 saturated heterocycles. The molecule has 0 bridgehead atoms. The van der Waals surface area contributed by atoms with Crippen LogP contribution in [-0.4, -0.2) is 21.1 Å². The highest BCUT2D eigenvalue weighted by atomic mass is 32.2. The fourth-order valence-corrected chi connectivity index (χ4v) is 4.14. The van der Waals surface area contributed by atoms with Gasteiger partial charge in [-0.2, -0.15) is 0 Å². The molecule has 0 heterocycles. The Morgan fingerprint density at radius 1 is 0.867 bits per heavy atom. The normalized spacial score (nSPS) is 12.4. The van der Waals surface area contributed by atoms with Gasteiger partial charge in [-0.1, -0.05) is 42.0 Å². The lowest BCUT2D eigenvalue weighted by Gasteiger charge is -2.19. The topological polar surface area (TPSA) is 64.6 Å². The Morgan fingerprint density at radius 3 is 2.17 bits per heavy atom. The summed E-state index contributed by atoms with van der Waals surface area (Å²) in [6.45, 7) is 7.93. The molecule has 0 fully saturated rings. The average molecular weight is 426 g/mol. The first-order valence-corrected chi connectivity index (χ1v) is 11.3. The zero-order valence-corrected chi connectivity index (χ0v) is 18.5. The minimum Gasteiger partial charge on any atom is -0.489 e. The SMILES string of the molecule is Cc1ccc(Oc2cccc(S(=O)(=O)NCC(C)Oc3c(C)cccc3C)c2)cc1. The van der Waals surface area contributed by atoms with Crippen LogP contribution in [0.5, 0.6) is 17.2 Å². The Morgan fingerprint density at radius 2 is 1.50 bits per heavy atom. The number of aryl methyl sites for hydroxylation is 3. The van der Waals surface area contributed by atoms with E-state index < -0.39 is 10.0 Å². The van der Waals surface area contributed by atoms with E-state index in [1.54, 1.807) is 18.2 Å². The number of hydrogen-bond acceptors (Lipinski definition) is 4. The van der Waals surface area contributed by atoms with E-state index >= 15 is 0 Å². The first-order chi connectivity index (χ1) is 14.2. The molecule has 6 heteroatoms. The van der Waals surface area contributed by atoms with Crippen molar-refractivity contribution < 1.29 is 17.9 Å². The van der Waals surface area contributed by atoms with Crippen LogP contribution in [0, 0.1) is 20.8 Å². The molecule has 0 radical (unpaired) electrons. The highest BCUT2D eigenvalue weighted by Crippen LogP contribution is 2.25. The van der Waals surface area contributed by atoms with Crippen LogP contribution in [0.3, 0.4) is 0 Å². The molecule has 3 aromatic rings. The summed E-state index contributed by atoms with van der Waals surface area (Å²) in [6.07, 6.45) is -0.327. The van der Waals surface area contributed by atoms with E-state index in [1.807, 2.05) is 70.2 Å². The van der Waals surface area contributed by atoms with Crippen molar-refractivity contribution in [2.45, 2.75) is 38.7 Å². The van der Waals surface area contributed by atoms with Crippen molar-refractivity contribution >= 4 is 10.0 Å². The number of para-hydroxylation sites is 1. The third kappa shape index (κ3) is 5.62. The smallest absolute Gasteiger partial charge is 0.240 e. The zero-order chi connectivity index (χ0) is 21.7. The van der Waals surface area contributed by atoms with Gasteiger partial charge in [-0.05, 0) is 63.1 Å². The van der Waals surface area contributed by atoms with Crippen LogP contribution < -0.4 is 14.2 Å². The number of ether oxygens (including phenoxy) is 2. The summed E-state index contributed by atoms with van der Waals surface area (Å²) in [7, 11) is -3.70. The van der Waals surface area contributed by atoms with Gasteiger partial charge in [-0.3, -0.25) is 0 Å². The molecule has 1 atom stereocenters. The lowest BCUT2D eigenvalue weighted by atomic mass is 10.1. The molecule has 0 spiro atoms. The summed E-state index contributed by atoms with van der Waals surface area (Å²) < 4.78 is 39.9. The second kappa shape index (κ2) is 9.32. The molecule has 30 heavy (non-hydrogen) atoms. The second-order valence-corrected chi connectivity index (χ2v) is 9.16.